The number of nitrogens with one attached hydrogen (secondary N) is 7. The number of para-hydroxylation sites is 2. The van der Waals surface area contributed by atoms with Gasteiger partial charge in [0.1, 0.15) is 48.0 Å². The van der Waals surface area contributed by atoms with E-state index in [1.807, 2.05) is 0 Å². The molecular weight excluding hydrogens is 1090 g/mol. The third kappa shape index (κ3) is 18.7. The number of amides is 7. The summed E-state index contributed by atoms with van der Waals surface area (Å²) >= 11 is 0. The van der Waals surface area contributed by atoms with Gasteiger partial charge >= 0.3 is 17.5 Å². The summed E-state index contributed by atoms with van der Waals surface area (Å²) in [6.07, 6.45) is 0.509. The van der Waals surface area contributed by atoms with Crippen molar-refractivity contribution in [2.45, 2.75) is 140 Å². The largest absolute Gasteiger partial charge is 0.480 e. The second kappa shape index (κ2) is 31.2. The van der Waals surface area contributed by atoms with Crippen LogP contribution in [-0.2, 0) is 44.8 Å². The van der Waals surface area contributed by atoms with Crippen molar-refractivity contribution in [1.82, 2.24) is 41.8 Å². The molecule has 7 amide bonds. The zero-order valence-corrected chi connectivity index (χ0v) is 46.9. The Kier molecular flexibility index (Phi) is 24.9. The molecule has 1 aromatic heterocycles. The molecule has 0 radical (unpaired) electrons. The van der Waals surface area contributed by atoms with Crippen LogP contribution in [0.3, 0.4) is 0 Å². The number of aromatic nitrogens is 1. The lowest BCUT2D eigenvalue weighted by Gasteiger charge is -2.34. The molecule has 2 aromatic carbocycles. The third-order valence-electron chi connectivity index (χ3n) is 13.5. The number of nitrogens with two attached hydrogens (primary N) is 4. The average molecular weight is 1160 g/mol. The summed E-state index contributed by atoms with van der Waals surface area (Å²) in [5, 5.41) is 60.3. The summed E-state index contributed by atoms with van der Waals surface area (Å²) in [6.45, 7) is 6.93. The molecule has 0 saturated carbocycles. The van der Waals surface area contributed by atoms with Crippen LogP contribution in [0.1, 0.15) is 91.5 Å². The van der Waals surface area contributed by atoms with Crippen molar-refractivity contribution in [2.75, 3.05) is 31.3 Å². The van der Waals surface area contributed by atoms with E-state index in [2.05, 4.69) is 46.9 Å². The van der Waals surface area contributed by atoms with Gasteiger partial charge in [-0.3, -0.25) is 53.7 Å². The number of guanidine groups is 2. The predicted octanol–water partition coefficient (Wildman–Crippen LogP) is -1.42. The molecule has 454 valence electrons. The van der Waals surface area contributed by atoms with Gasteiger partial charge < -0.3 is 74.9 Å². The number of likely N-dealkylation sites (tertiary alicyclic amines) is 1. The number of nitrogens with zero attached hydrogens (tertiary/aromatic N) is 6. The smallest absolute Gasteiger partial charge is 0.426 e. The lowest BCUT2D eigenvalue weighted by molar-refractivity contribution is -0.624. The van der Waals surface area contributed by atoms with Gasteiger partial charge in [-0.25, -0.2) is 14.9 Å². The van der Waals surface area contributed by atoms with Crippen molar-refractivity contribution < 1.29 is 58.5 Å². The van der Waals surface area contributed by atoms with Gasteiger partial charge in [0.05, 0.1) is 18.0 Å². The summed E-state index contributed by atoms with van der Waals surface area (Å²) in [6, 6.07) is 3.70. The molecule has 2 heterocycles. The number of carbonyl (C=O) groups excluding carboxylic acids is 7. The molecule has 1 aliphatic heterocycles. The van der Waals surface area contributed by atoms with Gasteiger partial charge in [0.15, 0.2) is 17.0 Å². The van der Waals surface area contributed by atoms with Crippen LogP contribution in [0.25, 0.3) is 10.9 Å². The SMILES string of the molecule is CC(C)C[C@H](NC(=O)[C@H](C)NC(=O)[C@H](CC(C)C)NC(=O)[C@@H]1CCCN1C(=O)[C@](CCCN=C(N)N)(N(c1ccccc1)[N+](=O)[O-])[N+](=O)[O-])C(=O)N[C@@H](Cc1c[nH]c2ccccc12)C(=O)N[C@@H](CCCN=C(N)N)C(=O)N[C@@H](CO)C(=O)O. The molecule has 1 fully saturated rings. The van der Waals surface area contributed by atoms with Crippen molar-refractivity contribution in [3.63, 3.8) is 0 Å². The molecule has 31 nitrogen and oxygen atoms in total. The van der Waals surface area contributed by atoms with E-state index in [1.54, 1.807) is 58.2 Å². The zero-order valence-electron chi connectivity index (χ0n) is 46.9. The zero-order chi connectivity index (χ0) is 61.7. The molecule has 4 rings (SSSR count). The fourth-order valence-electron chi connectivity index (χ4n) is 9.46. The molecule has 1 saturated heterocycles. The standard InChI is InChI=1S/C52H77N17O14/c1-29(2)24-37(64-47(76)41-19-12-23-66(41)49(79)52(68(80)81,20-13-22-58-51(55)56)67(69(82)83)33-14-7-6-8-15-33)44(73)60-31(5)42(71)62-38(25-30(3)4)45(74)63-39(26-32-27-59-35-17-10-9-16-34(32)35)46(75)61-36(18-11-21-57-50(53)54)43(72)65-40(28-70)48(77)78/h6-10,14-17,27,29-31,36-41,59,70H,11-13,18-26,28H2,1-5H3,(H,60,73)(H,61,75)(H,62,71)(H,63,74)(H,64,76)(H,65,72)(H,77,78)(H4,53,54,57)(H4,55,56,58)/t31-,36-,37-,38-,39-,40-,41-,52+/m0/s1. The van der Waals surface area contributed by atoms with Crippen LogP contribution < -0.4 is 59.8 Å². The number of aliphatic hydroxyl groups excluding tert-OH is 1. The first-order valence-electron chi connectivity index (χ1n) is 27.0. The van der Waals surface area contributed by atoms with Crippen LogP contribution in [0.4, 0.5) is 5.69 Å². The van der Waals surface area contributed by atoms with Gasteiger partial charge in [0.2, 0.25) is 35.4 Å². The van der Waals surface area contributed by atoms with Crippen LogP contribution in [0.5, 0.6) is 0 Å². The van der Waals surface area contributed by atoms with E-state index in [0.29, 0.717) is 16.5 Å². The van der Waals surface area contributed by atoms with Gasteiger partial charge in [-0.15, -0.1) is 0 Å². The van der Waals surface area contributed by atoms with Gasteiger partial charge in [-0.2, -0.15) is 0 Å². The molecule has 1 aliphatic rings. The Bertz CT molecular complexity index is 2840. The predicted molar refractivity (Wildman–Crippen MR) is 303 cm³/mol. The Morgan fingerprint density at radius 3 is 1.83 bits per heavy atom. The van der Waals surface area contributed by atoms with Crippen LogP contribution in [-0.4, -0.2) is 163 Å². The van der Waals surface area contributed by atoms with Gasteiger partial charge in [0, 0.05) is 43.2 Å². The van der Waals surface area contributed by atoms with Crippen LogP contribution in [0.2, 0.25) is 0 Å². The Morgan fingerprint density at radius 2 is 1.25 bits per heavy atom. The Morgan fingerprint density at radius 1 is 0.723 bits per heavy atom. The maximum atomic E-state index is 14.7. The number of H-pyrrole nitrogens is 1. The number of hydrogen-bond donors (Lipinski definition) is 13. The lowest BCUT2D eigenvalue weighted by atomic mass is 9.99. The highest BCUT2D eigenvalue weighted by Crippen LogP contribution is 2.34. The van der Waals surface area contributed by atoms with Gasteiger partial charge in [0.25, 0.3) is 0 Å². The lowest BCUT2D eigenvalue weighted by Crippen LogP contribution is -2.68. The highest BCUT2D eigenvalue weighted by atomic mass is 16.7. The monoisotopic (exact) mass is 1160 g/mol. The van der Waals surface area contributed by atoms with E-state index in [9.17, 15) is 68.8 Å². The number of aliphatic carboxylic acids is 1. The van der Waals surface area contributed by atoms with Gasteiger partial charge in [-0.05, 0) is 92.5 Å². The normalized spacial score (nSPS) is 15.9. The first-order chi connectivity index (χ1) is 39.2. The number of hydrazine groups is 1. The molecule has 0 spiro atoms. The number of aliphatic imine (C=N–C) groups is 2. The summed E-state index contributed by atoms with van der Waals surface area (Å²) in [4.78, 5) is 148. The maximum Gasteiger partial charge on any atom is 0.426 e. The van der Waals surface area contributed by atoms with E-state index in [1.165, 1.54) is 37.3 Å². The van der Waals surface area contributed by atoms with E-state index in [0.717, 1.165) is 4.90 Å². The summed E-state index contributed by atoms with van der Waals surface area (Å²) in [5.74, 6) is -9.37. The number of anilines is 1. The average Bonchev–Trinajstić information content (AvgIpc) is 2.83. The number of carboxylic acids is 1. The van der Waals surface area contributed by atoms with Crippen molar-refractivity contribution in [3.05, 3.63) is 86.6 Å². The Hall–Kier alpha value is -9.16. The van der Waals surface area contributed by atoms with E-state index in [-0.39, 0.29) is 105 Å². The number of aliphatic hydroxyl groups is 1. The third-order valence-corrected chi connectivity index (χ3v) is 13.5. The molecule has 0 unspecified atom stereocenters. The van der Waals surface area contributed by atoms with Crippen LogP contribution in [0, 0.1) is 32.1 Å². The number of carboxylic acid groups (broad SMARTS) is 1. The number of hydrogen-bond acceptors (Lipinski definition) is 15. The van der Waals surface area contributed by atoms with E-state index < -0.39 is 118 Å². The van der Waals surface area contributed by atoms with Crippen molar-refractivity contribution in [2.24, 2.45) is 44.8 Å². The number of aromatic amines is 1. The number of benzene rings is 2. The first kappa shape index (κ1) is 66.4. The topological polar surface area (TPSA) is 487 Å². The minimum atomic E-state index is -3.12. The quantitative estimate of drug-likeness (QED) is 0.00831. The number of carbonyl (C=O) groups is 8. The number of rotatable bonds is 33. The second-order valence-electron chi connectivity index (χ2n) is 20.9. The highest BCUT2D eigenvalue weighted by Gasteiger charge is 2.65. The minimum absolute atomic E-state index is 0.00857. The minimum Gasteiger partial charge on any atom is -0.480 e. The molecule has 3 aromatic rings. The molecule has 31 heteroatoms. The van der Waals surface area contributed by atoms with Crippen molar-refractivity contribution >= 4 is 75.8 Å². The van der Waals surface area contributed by atoms with E-state index >= 15 is 0 Å². The Balaban J connectivity index is 1.59. The van der Waals surface area contributed by atoms with Crippen LogP contribution >= 0.6 is 0 Å². The highest BCUT2D eigenvalue weighted by molar-refractivity contribution is 5.98. The molecule has 17 N–H and O–H groups in total. The molecular formula is C52H77N17O14. The molecule has 8 atom stereocenters. The Labute approximate surface area is 477 Å². The van der Waals surface area contributed by atoms with Gasteiger partial charge in [-0.1, -0.05) is 64.1 Å². The molecule has 0 aliphatic carbocycles. The number of nitro groups is 2. The number of fused-ring (bicyclic) bond motifs is 1. The maximum absolute atomic E-state index is 14.7. The van der Waals surface area contributed by atoms with Crippen molar-refractivity contribution in [1.29, 1.82) is 0 Å². The fourth-order valence-corrected chi connectivity index (χ4v) is 9.46. The van der Waals surface area contributed by atoms with E-state index in [4.69, 9.17) is 22.9 Å². The summed E-state index contributed by atoms with van der Waals surface area (Å²) in [5.41, 5.74) is 19.6. The molecule has 0 bridgehead atoms. The first-order valence-corrected chi connectivity index (χ1v) is 27.0. The second-order valence-corrected chi connectivity index (χ2v) is 20.9. The summed E-state index contributed by atoms with van der Waals surface area (Å²) < 4.78 is 0. The fraction of sp³-hybridized carbons (Fsp3) is 0.538. The summed E-state index contributed by atoms with van der Waals surface area (Å²) in [7, 11) is 0. The van der Waals surface area contributed by atoms with Crippen molar-refractivity contribution in [3.8, 4) is 0 Å². The molecule has 83 heavy (non-hydrogen) atoms. The van der Waals surface area contributed by atoms with Crippen LogP contribution in [0.15, 0.2) is 70.8 Å².